The number of rotatable bonds is 3. The standard InChI is InChI=1S/C12H12ClFN2O/c1-16-7-8(6-15-16)4-12(17)9-2-3-10(13)11(14)5-9/h2-3,5-7,12,17H,4H2,1H3. The highest BCUT2D eigenvalue weighted by atomic mass is 35.5. The fraction of sp³-hybridized carbons (Fsp3) is 0.250. The summed E-state index contributed by atoms with van der Waals surface area (Å²) in [6, 6.07) is 4.31. The van der Waals surface area contributed by atoms with Gasteiger partial charge in [-0.25, -0.2) is 4.39 Å². The van der Waals surface area contributed by atoms with E-state index in [1.807, 2.05) is 6.20 Å². The Hall–Kier alpha value is -1.39. The van der Waals surface area contributed by atoms with Gasteiger partial charge < -0.3 is 5.11 Å². The van der Waals surface area contributed by atoms with Crippen LogP contribution >= 0.6 is 11.6 Å². The third-order valence-electron chi connectivity index (χ3n) is 2.52. The largest absolute Gasteiger partial charge is 0.388 e. The number of benzene rings is 1. The lowest BCUT2D eigenvalue weighted by molar-refractivity contribution is 0.178. The fourth-order valence-corrected chi connectivity index (χ4v) is 1.76. The van der Waals surface area contributed by atoms with Gasteiger partial charge in [-0.05, 0) is 23.3 Å². The Morgan fingerprint density at radius 1 is 1.53 bits per heavy atom. The van der Waals surface area contributed by atoms with Crippen molar-refractivity contribution in [3.8, 4) is 0 Å². The van der Waals surface area contributed by atoms with E-state index in [4.69, 9.17) is 11.6 Å². The number of halogens is 2. The maximum atomic E-state index is 13.2. The smallest absolute Gasteiger partial charge is 0.142 e. The molecule has 3 nitrogen and oxygen atoms in total. The van der Waals surface area contributed by atoms with Crippen molar-refractivity contribution in [2.45, 2.75) is 12.5 Å². The molecule has 17 heavy (non-hydrogen) atoms. The molecule has 1 atom stereocenters. The molecule has 5 heteroatoms. The summed E-state index contributed by atoms with van der Waals surface area (Å²) in [7, 11) is 1.80. The number of aromatic nitrogens is 2. The van der Waals surface area contributed by atoms with E-state index >= 15 is 0 Å². The molecule has 1 aromatic carbocycles. The number of hydrogen-bond donors (Lipinski definition) is 1. The van der Waals surface area contributed by atoms with Gasteiger partial charge in [0, 0.05) is 19.7 Å². The van der Waals surface area contributed by atoms with Crippen LogP contribution in [0.15, 0.2) is 30.6 Å². The fourth-order valence-electron chi connectivity index (χ4n) is 1.64. The lowest BCUT2D eigenvalue weighted by Gasteiger charge is -2.10. The Balaban J connectivity index is 2.14. The number of aliphatic hydroxyl groups is 1. The molecule has 0 spiro atoms. The predicted octanol–water partition coefficient (Wildman–Crippen LogP) is 2.49. The Kier molecular flexibility index (Phi) is 3.45. The van der Waals surface area contributed by atoms with Crippen molar-refractivity contribution in [2.24, 2.45) is 7.05 Å². The van der Waals surface area contributed by atoms with Gasteiger partial charge in [0.1, 0.15) is 5.82 Å². The minimum absolute atomic E-state index is 0.0577. The summed E-state index contributed by atoms with van der Waals surface area (Å²) in [4.78, 5) is 0. The van der Waals surface area contributed by atoms with Crippen LogP contribution in [0, 0.1) is 5.82 Å². The first-order valence-electron chi connectivity index (χ1n) is 5.17. The van der Waals surface area contributed by atoms with Crippen molar-refractivity contribution in [3.63, 3.8) is 0 Å². The van der Waals surface area contributed by atoms with Gasteiger partial charge in [0.05, 0.1) is 17.3 Å². The molecule has 1 unspecified atom stereocenters. The summed E-state index contributed by atoms with van der Waals surface area (Å²) in [5, 5.41) is 14.0. The zero-order valence-corrected chi connectivity index (χ0v) is 10.0. The first-order chi connectivity index (χ1) is 8.06. The average Bonchev–Trinajstić information content (AvgIpc) is 2.68. The monoisotopic (exact) mass is 254 g/mol. The van der Waals surface area contributed by atoms with Gasteiger partial charge in [-0.1, -0.05) is 17.7 Å². The second kappa shape index (κ2) is 4.85. The minimum atomic E-state index is -0.758. The van der Waals surface area contributed by atoms with Crippen molar-refractivity contribution in [2.75, 3.05) is 0 Å². The molecule has 0 bridgehead atoms. The highest BCUT2D eigenvalue weighted by molar-refractivity contribution is 6.30. The van der Waals surface area contributed by atoms with Gasteiger partial charge in [0.25, 0.3) is 0 Å². The van der Waals surface area contributed by atoms with Crippen molar-refractivity contribution in [1.82, 2.24) is 9.78 Å². The van der Waals surface area contributed by atoms with Crippen molar-refractivity contribution >= 4 is 11.6 Å². The number of hydrogen-bond acceptors (Lipinski definition) is 2. The van der Waals surface area contributed by atoms with Gasteiger partial charge in [0.2, 0.25) is 0 Å². The minimum Gasteiger partial charge on any atom is -0.388 e. The molecule has 0 saturated carbocycles. The predicted molar refractivity (Wildman–Crippen MR) is 63.3 cm³/mol. The van der Waals surface area contributed by atoms with Gasteiger partial charge in [-0.2, -0.15) is 5.10 Å². The Morgan fingerprint density at radius 2 is 2.29 bits per heavy atom. The Labute approximate surface area is 103 Å². The molecular weight excluding hydrogens is 243 g/mol. The van der Waals surface area contributed by atoms with E-state index in [1.54, 1.807) is 24.0 Å². The van der Waals surface area contributed by atoms with Crippen LogP contribution in [0.4, 0.5) is 4.39 Å². The van der Waals surface area contributed by atoms with Crippen LogP contribution in [0.5, 0.6) is 0 Å². The lowest BCUT2D eigenvalue weighted by atomic mass is 10.0. The second-order valence-electron chi connectivity index (χ2n) is 3.92. The van der Waals surface area contributed by atoms with Gasteiger partial charge in [0.15, 0.2) is 0 Å². The topological polar surface area (TPSA) is 38.0 Å². The van der Waals surface area contributed by atoms with Crippen LogP contribution in [0.2, 0.25) is 5.02 Å². The summed E-state index contributed by atoms with van der Waals surface area (Å²) >= 11 is 5.58. The van der Waals surface area contributed by atoms with E-state index in [1.165, 1.54) is 12.1 Å². The molecule has 90 valence electrons. The molecule has 1 aromatic heterocycles. The van der Waals surface area contributed by atoms with Crippen LogP contribution in [-0.2, 0) is 13.5 Å². The molecule has 0 aliphatic carbocycles. The highest BCUT2D eigenvalue weighted by Gasteiger charge is 2.11. The molecule has 0 saturated heterocycles. The molecule has 2 aromatic rings. The molecule has 1 heterocycles. The van der Waals surface area contributed by atoms with Crippen LogP contribution in [-0.4, -0.2) is 14.9 Å². The first kappa shape index (κ1) is 12.1. The van der Waals surface area contributed by atoms with E-state index in [0.29, 0.717) is 12.0 Å². The van der Waals surface area contributed by atoms with Crippen molar-refractivity contribution < 1.29 is 9.50 Å². The Morgan fingerprint density at radius 3 is 2.88 bits per heavy atom. The quantitative estimate of drug-likeness (QED) is 0.914. The molecule has 1 N–H and O–H groups in total. The number of aryl methyl sites for hydroxylation is 1. The third-order valence-corrected chi connectivity index (χ3v) is 2.82. The molecule has 0 aliphatic rings. The van der Waals surface area contributed by atoms with Gasteiger partial charge in [-0.3, -0.25) is 4.68 Å². The average molecular weight is 255 g/mol. The van der Waals surface area contributed by atoms with Crippen molar-refractivity contribution in [1.29, 1.82) is 0 Å². The maximum absolute atomic E-state index is 13.2. The number of aliphatic hydroxyl groups excluding tert-OH is 1. The van der Waals surface area contributed by atoms with Gasteiger partial charge >= 0.3 is 0 Å². The zero-order chi connectivity index (χ0) is 12.4. The van der Waals surface area contributed by atoms with Crippen LogP contribution in [0.1, 0.15) is 17.2 Å². The number of nitrogens with zero attached hydrogens (tertiary/aromatic N) is 2. The molecule has 0 amide bonds. The second-order valence-corrected chi connectivity index (χ2v) is 4.32. The molecular formula is C12H12ClFN2O. The SMILES string of the molecule is Cn1cc(CC(O)c2ccc(Cl)c(F)c2)cn1. The van der Waals surface area contributed by atoms with Crippen LogP contribution in [0.25, 0.3) is 0 Å². The summed E-state index contributed by atoms with van der Waals surface area (Å²) < 4.78 is 14.9. The molecule has 0 radical (unpaired) electrons. The summed E-state index contributed by atoms with van der Waals surface area (Å²) in [6.07, 6.45) is 3.13. The van der Waals surface area contributed by atoms with Crippen LogP contribution < -0.4 is 0 Å². The molecule has 0 aliphatic heterocycles. The zero-order valence-electron chi connectivity index (χ0n) is 9.27. The van der Waals surface area contributed by atoms with Crippen molar-refractivity contribution in [3.05, 3.63) is 52.6 Å². The molecule has 0 fully saturated rings. The lowest BCUT2D eigenvalue weighted by Crippen LogP contribution is -2.01. The summed E-state index contributed by atoms with van der Waals surface area (Å²) in [6.45, 7) is 0. The van der Waals surface area contributed by atoms with E-state index in [9.17, 15) is 9.50 Å². The summed E-state index contributed by atoms with van der Waals surface area (Å²) in [5.41, 5.74) is 1.41. The normalized spacial score (nSPS) is 12.7. The highest BCUT2D eigenvalue weighted by Crippen LogP contribution is 2.22. The van der Waals surface area contributed by atoms with E-state index < -0.39 is 11.9 Å². The van der Waals surface area contributed by atoms with E-state index in [0.717, 1.165) is 5.56 Å². The van der Waals surface area contributed by atoms with E-state index in [2.05, 4.69) is 5.10 Å². The first-order valence-corrected chi connectivity index (χ1v) is 5.54. The van der Waals surface area contributed by atoms with Crippen LogP contribution in [0.3, 0.4) is 0 Å². The third kappa shape index (κ3) is 2.84. The van der Waals surface area contributed by atoms with E-state index in [-0.39, 0.29) is 5.02 Å². The molecule has 2 rings (SSSR count). The summed E-state index contributed by atoms with van der Waals surface area (Å²) in [5.74, 6) is -0.519. The van der Waals surface area contributed by atoms with Gasteiger partial charge in [-0.15, -0.1) is 0 Å². The Bertz CT molecular complexity index is 527. The maximum Gasteiger partial charge on any atom is 0.142 e.